The molecule has 11 nitrogen and oxygen atoms in total. The van der Waals surface area contributed by atoms with Crippen LogP contribution in [0.1, 0.15) is 41.1 Å². The van der Waals surface area contributed by atoms with Gasteiger partial charge in [0.05, 0.1) is 12.2 Å². The Balaban J connectivity index is 1.59. The molecular formula is C27H31N7O4S. The second-order valence-corrected chi connectivity index (χ2v) is 10.6. The minimum absolute atomic E-state index is 0.106. The first-order valence-corrected chi connectivity index (χ1v) is 14.0. The first-order chi connectivity index (χ1) is 18.6. The first-order valence-electron chi connectivity index (χ1n) is 12.4. The van der Waals surface area contributed by atoms with Crippen LogP contribution in [0.2, 0.25) is 0 Å². The number of aromatic nitrogens is 1. The van der Waals surface area contributed by atoms with E-state index in [-0.39, 0.29) is 18.3 Å². The van der Waals surface area contributed by atoms with Gasteiger partial charge in [0.1, 0.15) is 17.9 Å². The highest BCUT2D eigenvalue weighted by Gasteiger charge is 2.42. The van der Waals surface area contributed by atoms with Crippen LogP contribution in [0, 0.1) is 5.41 Å². The zero-order valence-electron chi connectivity index (χ0n) is 21.2. The van der Waals surface area contributed by atoms with Crippen molar-refractivity contribution in [2.24, 2.45) is 10.9 Å². The van der Waals surface area contributed by atoms with Crippen molar-refractivity contribution < 1.29 is 18.0 Å². The van der Waals surface area contributed by atoms with Crippen molar-refractivity contribution in [2.75, 3.05) is 6.54 Å². The summed E-state index contributed by atoms with van der Waals surface area (Å²) in [6.07, 6.45) is 2.46. The Labute approximate surface area is 227 Å². The maximum Gasteiger partial charge on any atom is 0.275 e. The van der Waals surface area contributed by atoms with Gasteiger partial charge in [-0.2, -0.15) is 13.1 Å². The SMILES string of the molecule is N=C(N)c1ccc(CNC(=O)C2CCCN2C(=O)C(NS(N)(=O)=O)C(c2ccccc2)c2ccccc2)nc1. The average molecular weight is 550 g/mol. The highest BCUT2D eigenvalue weighted by atomic mass is 32.2. The molecule has 0 radical (unpaired) electrons. The molecule has 3 aromatic rings. The molecule has 1 aliphatic heterocycles. The molecule has 0 bridgehead atoms. The van der Waals surface area contributed by atoms with Crippen LogP contribution in [0.25, 0.3) is 0 Å². The summed E-state index contributed by atoms with van der Waals surface area (Å²) in [7, 11) is -4.28. The summed E-state index contributed by atoms with van der Waals surface area (Å²) < 4.78 is 26.9. The highest BCUT2D eigenvalue weighted by molar-refractivity contribution is 7.87. The van der Waals surface area contributed by atoms with Crippen molar-refractivity contribution in [3.05, 3.63) is 101 Å². The summed E-state index contributed by atoms with van der Waals surface area (Å²) >= 11 is 0. The van der Waals surface area contributed by atoms with Crippen LogP contribution in [0.5, 0.6) is 0 Å². The predicted octanol–water partition coefficient (Wildman–Crippen LogP) is 0.967. The largest absolute Gasteiger partial charge is 0.384 e. The fourth-order valence-corrected chi connectivity index (χ4v) is 5.39. The van der Waals surface area contributed by atoms with Gasteiger partial charge in [-0.15, -0.1) is 0 Å². The Morgan fingerprint density at radius 1 is 1.03 bits per heavy atom. The topological polar surface area (TPSA) is 184 Å². The number of amides is 2. The number of carbonyl (C=O) groups excluding carboxylic acids is 2. The molecule has 7 N–H and O–H groups in total. The van der Waals surface area contributed by atoms with E-state index in [1.807, 2.05) is 60.7 Å². The molecule has 2 heterocycles. The third-order valence-corrected chi connectivity index (χ3v) is 7.21. The molecule has 1 aromatic heterocycles. The number of nitrogens with zero attached hydrogens (tertiary/aromatic N) is 2. The molecule has 0 spiro atoms. The van der Waals surface area contributed by atoms with Crippen LogP contribution in [-0.4, -0.2) is 54.6 Å². The lowest BCUT2D eigenvalue weighted by Gasteiger charge is -2.33. The van der Waals surface area contributed by atoms with Crippen LogP contribution >= 0.6 is 0 Å². The normalized spacial score (nSPS) is 16.2. The fourth-order valence-electron chi connectivity index (χ4n) is 4.80. The van der Waals surface area contributed by atoms with Gasteiger partial charge >= 0.3 is 0 Å². The standard InChI is InChI=1S/C27H31N7O4S/c28-25(29)20-13-14-21(31-16-20)17-32-26(35)22-12-7-15-34(22)27(36)24(33-39(30,37)38)23(18-8-3-1-4-9-18)19-10-5-2-6-11-19/h1-6,8-11,13-14,16,22-24,33H,7,12,15,17H2,(H3,28,29)(H,32,35)(H2,30,37,38). The maximum atomic E-state index is 14.0. The Morgan fingerprint density at radius 3 is 2.15 bits per heavy atom. The van der Waals surface area contributed by atoms with E-state index in [0.717, 1.165) is 11.1 Å². The van der Waals surface area contributed by atoms with Crippen molar-refractivity contribution in [3.63, 3.8) is 0 Å². The number of benzene rings is 2. The van der Waals surface area contributed by atoms with E-state index in [4.69, 9.17) is 16.3 Å². The summed E-state index contributed by atoms with van der Waals surface area (Å²) in [4.78, 5) is 32.8. The van der Waals surface area contributed by atoms with Gasteiger partial charge in [-0.3, -0.25) is 20.0 Å². The lowest BCUT2D eigenvalue weighted by molar-refractivity contribution is -0.140. The van der Waals surface area contributed by atoms with Crippen molar-refractivity contribution in [1.82, 2.24) is 19.9 Å². The number of nitrogen functional groups attached to an aromatic ring is 1. The molecule has 204 valence electrons. The Morgan fingerprint density at radius 2 is 1.64 bits per heavy atom. The molecule has 2 aromatic carbocycles. The first kappa shape index (κ1) is 27.9. The van der Waals surface area contributed by atoms with Gasteiger partial charge in [-0.25, -0.2) is 5.14 Å². The average Bonchev–Trinajstić information content (AvgIpc) is 3.42. The van der Waals surface area contributed by atoms with Gasteiger partial charge in [0.25, 0.3) is 10.2 Å². The van der Waals surface area contributed by atoms with Gasteiger partial charge in [0.2, 0.25) is 11.8 Å². The summed E-state index contributed by atoms with van der Waals surface area (Å²) in [6.45, 7) is 0.409. The quantitative estimate of drug-likeness (QED) is 0.185. The van der Waals surface area contributed by atoms with Crippen LogP contribution in [-0.2, 0) is 26.3 Å². The number of hydrogen-bond donors (Lipinski definition) is 5. The number of likely N-dealkylation sites (tertiary alicyclic amines) is 1. The van der Waals surface area contributed by atoms with Gasteiger partial charge in [0, 0.05) is 24.2 Å². The lowest BCUT2D eigenvalue weighted by atomic mass is 9.84. The molecule has 1 aliphatic rings. The number of amidine groups is 1. The fraction of sp³-hybridized carbons (Fsp3) is 0.259. The second-order valence-electron chi connectivity index (χ2n) is 9.30. The zero-order chi connectivity index (χ0) is 28.0. The predicted molar refractivity (Wildman–Crippen MR) is 147 cm³/mol. The third-order valence-electron chi connectivity index (χ3n) is 6.63. The van der Waals surface area contributed by atoms with Crippen LogP contribution in [0.3, 0.4) is 0 Å². The smallest absolute Gasteiger partial charge is 0.275 e. The minimum atomic E-state index is -4.28. The summed E-state index contributed by atoms with van der Waals surface area (Å²) in [5.41, 5.74) is 7.93. The van der Waals surface area contributed by atoms with Gasteiger partial charge < -0.3 is 16.0 Å². The van der Waals surface area contributed by atoms with E-state index >= 15 is 0 Å². The number of nitrogens with one attached hydrogen (secondary N) is 3. The van der Waals surface area contributed by atoms with Gasteiger partial charge in [0.15, 0.2) is 0 Å². The zero-order valence-corrected chi connectivity index (χ0v) is 22.0. The molecule has 2 atom stereocenters. The Hall–Kier alpha value is -4.13. The molecule has 0 aliphatic carbocycles. The third kappa shape index (κ3) is 7.05. The maximum absolute atomic E-state index is 14.0. The van der Waals surface area contributed by atoms with Crippen LogP contribution < -0.4 is 20.9 Å². The lowest BCUT2D eigenvalue weighted by Crippen LogP contribution is -2.56. The summed E-state index contributed by atoms with van der Waals surface area (Å²) in [5.74, 6) is -1.70. The number of pyridine rings is 1. The highest BCUT2D eigenvalue weighted by Crippen LogP contribution is 2.31. The molecule has 0 saturated carbocycles. The summed E-state index contributed by atoms with van der Waals surface area (Å²) in [6, 6.07) is 19.4. The van der Waals surface area contributed by atoms with Gasteiger partial charge in [-0.1, -0.05) is 60.7 Å². The second kappa shape index (κ2) is 12.2. The monoisotopic (exact) mass is 549 g/mol. The van der Waals surface area contributed by atoms with Crippen molar-refractivity contribution >= 4 is 27.9 Å². The molecular weight excluding hydrogens is 518 g/mol. The van der Waals surface area contributed by atoms with Crippen molar-refractivity contribution in [3.8, 4) is 0 Å². The van der Waals surface area contributed by atoms with E-state index in [1.54, 1.807) is 12.1 Å². The van der Waals surface area contributed by atoms with Crippen LogP contribution in [0.4, 0.5) is 0 Å². The Bertz CT molecular complexity index is 1380. The number of rotatable bonds is 10. The molecule has 12 heteroatoms. The molecule has 2 unspecified atom stereocenters. The van der Waals surface area contributed by atoms with E-state index in [9.17, 15) is 18.0 Å². The van der Waals surface area contributed by atoms with Crippen LogP contribution in [0.15, 0.2) is 79.0 Å². The molecule has 39 heavy (non-hydrogen) atoms. The van der Waals surface area contributed by atoms with E-state index in [0.29, 0.717) is 30.6 Å². The van der Waals surface area contributed by atoms with E-state index < -0.39 is 34.1 Å². The molecule has 1 fully saturated rings. The molecule has 1 saturated heterocycles. The van der Waals surface area contributed by atoms with E-state index in [1.165, 1.54) is 11.1 Å². The number of carbonyl (C=O) groups is 2. The van der Waals surface area contributed by atoms with Crippen molar-refractivity contribution in [1.29, 1.82) is 5.41 Å². The molecule has 2 amide bonds. The van der Waals surface area contributed by atoms with Gasteiger partial charge in [-0.05, 0) is 36.1 Å². The van der Waals surface area contributed by atoms with E-state index in [2.05, 4.69) is 15.0 Å². The number of nitrogens with two attached hydrogens (primary N) is 2. The molecule has 4 rings (SSSR count). The van der Waals surface area contributed by atoms with Crippen molar-refractivity contribution in [2.45, 2.75) is 37.4 Å². The Kier molecular flexibility index (Phi) is 8.69. The summed E-state index contributed by atoms with van der Waals surface area (Å²) in [5, 5.41) is 15.7. The minimum Gasteiger partial charge on any atom is -0.384 e. The number of hydrogen-bond acceptors (Lipinski definition) is 6.